The van der Waals surface area contributed by atoms with Crippen LogP contribution in [-0.2, 0) is 11.3 Å². The fourth-order valence-corrected chi connectivity index (χ4v) is 2.31. The molecule has 0 aliphatic heterocycles. The number of non-ortho nitro benzene ring substituents is 1. The highest BCUT2D eigenvalue weighted by Gasteiger charge is 2.18. The number of fused-ring (bicyclic) bond motifs is 1. The summed E-state index contributed by atoms with van der Waals surface area (Å²) in [7, 11) is 0. The molecule has 1 N–H and O–H groups in total. The Morgan fingerprint density at radius 2 is 2.12 bits per heavy atom. The fourth-order valence-electron chi connectivity index (χ4n) is 2.31. The van der Waals surface area contributed by atoms with Crippen LogP contribution in [0.2, 0.25) is 0 Å². The van der Waals surface area contributed by atoms with Crippen LogP contribution in [0.3, 0.4) is 0 Å². The molecule has 8 heteroatoms. The molecular weight excluding hydrogens is 314 g/mol. The largest absolute Gasteiger partial charge is 0.419 e. The van der Waals surface area contributed by atoms with Crippen LogP contribution in [-0.4, -0.2) is 20.9 Å². The van der Waals surface area contributed by atoms with Crippen LogP contribution in [0.15, 0.2) is 27.4 Å². The minimum atomic E-state index is -0.584. The van der Waals surface area contributed by atoms with Crippen LogP contribution in [0.4, 0.5) is 5.69 Å². The SMILES string of the molecule is CCC(C)(C)NC(=O)CCCn1c(=O)oc2cc([N+](=O)[O-])ccc21. The van der Waals surface area contributed by atoms with Gasteiger partial charge in [0, 0.05) is 24.6 Å². The summed E-state index contributed by atoms with van der Waals surface area (Å²) >= 11 is 0. The number of hydrogen-bond acceptors (Lipinski definition) is 5. The molecule has 130 valence electrons. The van der Waals surface area contributed by atoms with Crippen molar-refractivity contribution in [2.24, 2.45) is 0 Å². The summed E-state index contributed by atoms with van der Waals surface area (Å²) in [4.78, 5) is 34.0. The predicted octanol–water partition coefficient (Wildman–Crippen LogP) is 2.59. The van der Waals surface area contributed by atoms with E-state index in [0.717, 1.165) is 6.42 Å². The number of nitro groups is 1. The number of oxazole rings is 1. The highest BCUT2D eigenvalue weighted by atomic mass is 16.6. The van der Waals surface area contributed by atoms with E-state index in [2.05, 4.69) is 5.32 Å². The number of rotatable bonds is 7. The zero-order chi connectivity index (χ0) is 17.9. The number of nitrogens with zero attached hydrogens (tertiary/aromatic N) is 2. The summed E-state index contributed by atoms with van der Waals surface area (Å²) in [5.41, 5.74) is 0.269. The van der Waals surface area contributed by atoms with E-state index in [1.807, 2.05) is 20.8 Å². The molecule has 1 amide bonds. The van der Waals surface area contributed by atoms with Gasteiger partial charge in [0.15, 0.2) is 5.58 Å². The van der Waals surface area contributed by atoms with Gasteiger partial charge in [0.1, 0.15) is 0 Å². The van der Waals surface area contributed by atoms with Crippen molar-refractivity contribution in [1.82, 2.24) is 9.88 Å². The zero-order valence-electron chi connectivity index (χ0n) is 14.0. The number of carbonyl (C=O) groups is 1. The molecule has 2 aromatic rings. The van der Waals surface area contributed by atoms with Crippen LogP contribution in [0.25, 0.3) is 11.1 Å². The highest BCUT2D eigenvalue weighted by Crippen LogP contribution is 2.20. The van der Waals surface area contributed by atoms with E-state index in [-0.39, 0.29) is 29.1 Å². The van der Waals surface area contributed by atoms with Crippen molar-refractivity contribution in [3.63, 3.8) is 0 Å². The van der Waals surface area contributed by atoms with Gasteiger partial charge in [-0.1, -0.05) is 6.92 Å². The van der Waals surface area contributed by atoms with Gasteiger partial charge in [-0.25, -0.2) is 4.79 Å². The number of nitrogens with one attached hydrogen (secondary N) is 1. The smallest absolute Gasteiger partial charge is 0.407 e. The number of amides is 1. The van der Waals surface area contributed by atoms with Crippen molar-refractivity contribution in [2.75, 3.05) is 0 Å². The lowest BCUT2D eigenvalue weighted by Crippen LogP contribution is -2.42. The predicted molar refractivity (Wildman–Crippen MR) is 88.9 cm³/mol. The second kappa shape index (κ2) is 6.86. The molecule has 0 aliphatic rings. The fraction of sp³-hybridized carbons (Fsp3) is 0.500. The summed E-state index contributed by atoms with van der Waals surface area (Å²) in [5, 5.41) is 13.7. The third kappa shape index (κ3) is 4.01. The lowest BCUT2D eigenvalue weighted by molar-refractivity contribution is -0.384. The standard InChI is InChI=1S/C16H21N3O5/c1-4-16(2,3)17-14(20)6-5-9-18-12-8-7-11(19(22)23)10-13(12)24-15(18)21/h7-8,10H,4-6,9H2,1-3H3,(H,17,20). The van der Waals surface area contributed by atoms with E-state index in [1.165, 1.54) is 22.8 Å². The van der Waals surface area contributed by atoms with Crippen molar-refractivity contribution in [3.05, 3.63) is 38.9 Å². The summed E-state index contributed by atoms with van der Waals surface area (Å²) in [6.45, 7) is 6.21. The minimum absolute atomic E-state index is 0.0710. The Balaban J connectivity index is 2.05. The maximum Gasteiger partial charge on any atom is 0.419 e. The van der Waals surface area contributed by atoms with Gasteiger partial charge in [0.25, 0.3) is 5.69 Å². The first-order valence-electron chi connectivity index (χ1n) is 7.82. The van der Waals surface area contributed by atoms with E-state index in [0.29, 0.717) is 18.5 Å². The Morgan fingerprint density at radius 1 is 1.42 bits per heavy atom. The third-order valence-electron chi connectivity index (χ3n) is 4.01. The average Bonchev–Trinajstić information content (AvgIpc) is 2.82. The molecule has 1 aromatic carbocycles. The van der Waals surface area contributed by atoms with Crippen molar-refractivity contribution in [1.29, 1.82) is 0 Å². The molecule has 0 aliphatic carbocycles. The van der Waals surface area contributed by atoms with Crippen molar-refractivity contribution in [3.8, 4) is 0 Å². The third-order valence-corrected chi connectivity index (χ3v) is 4.01. The van der Waals surface area contributed by atoms with E-state index >= 15 is 0 Å². The first kappa shape index (κ1) is 17.7. The van der Waals surface area contributed by atoms with E-state index < -0.39 is 10.7 Å². The number of aromatic nitrogens is 1. The maximum atomic E-state index is 11.9. The maximum absolute atomic E-state index is 11.9. The number of carbonyl (C=O) groups excluding carboxylic acids is 1. The Hall–Kier alpha value is -2.64. The molecule has 0 fully saturated rings. The normalized spacial score (nSPS) is 11.6. The average molecular weight is 335 g/mol. The Labute approximate surface area is 138 Å². The molecule has 0 spiro atoms. The van der Waals surface area contributed by atoms with Crippen LogP contribution in [0.5, 0.6) is 0 Å². The monoisotopic (exact) mass is 335 g/mol. The van der Waals surface area contributed by atoms with Crippen LogP contribution < -0.4 is 11.1 Å². The van der Waals surface area contributed by atoms with Crippen LogP contribution in [0, 0.1) is 10.1 Å². The van der Waals surface area contributed by atoms with Gasteiger partial charge in [0.05, 0.1) is 16.5 Å². The summed E-state index contributed by atoms with van der Waals surface area (Å²) in [6.07, 6.45) is 1.58. The quantitative estimate of drug-likeness (QED) is 0.618. The van der Waals surface area contributed by atoms with Crippen LogP contribution >= 0.6 is 0 Å². The minimum Gasteiger partial charge on any atom is -0.407 e. The molecular formula is C16H21N3O5. The van der Waals surface area contributed by atoms with E-state index in [1.54, 1.807) is 0 Å². The van der Waals surface area contributed by atoms with E-state index in [9.17, 15) is 19.7 Å². The Bertz CT molecular complexity index is 819. The summed E-state index contributed by atoms with van der Waals surface area (Å²) in [5.74, 6) is -0.655. The number of hydrogen-bond donors (Lipinski definition) is 1. The van der Waals surface area contributed by atoms with Gasteiger partial charge in [-0.3, -0.25) is 19.5 Å². The van der Waals surface area contributed by atoms with Crippen molar-refractivity contribution in [2.45, 2.75) is 52.1 Å². The molecule has 1 aromatic heterocycles. The Morgan fingerprint density at radius 3 is 2.75 bits per heavy atom. The number of benzene rings is 1. The molecule has 24 heavy (non-hydrogen) atoms. The van der Waals surface area contributed by atoms with Gasteiger partial charge in [0.2, 0.25) is 5.91 Å². The van der Waals surface area contributed by atoms with Crippen molar-refractivity contribution < 1.29 is 14.1 Å². The van der Waals surface area contributed by atoms with Gasteiger partial charge in [-0.2, -0.15) is 0 Å². The molecule has 0 atom stereocenters. The lowest BCUT2D eigenvalue weighted by atomic mass is 10.0. The first-order valence-corrected chi connectivity index (χ1v) is 7.82. The van der Waals surface area contributed by atoms with Gasteiger partial charge in [-0.15, -0.1) is 0 Å². The lowest BCUT2D eigenvalue weighted by Gasteiger charge is -2.24. The number of aryl methyl sites for hydroxylation is 1. The molecule has 0 saturated heterocycles. The molecule has 0 unspecified atom stereocenters. The second-order valence-corrected chi connectivity index (χ2v) is 6.32. The Kier molecular flexibility index (Phi) is 5.06. The molecule has 1 heterocycles. The van der Waals surface area contributed by atoms with Gasteiger partial charge < -0.3 is 9.73 Å². The van der Waals surface area contributed by atoms with Gasteiger partial charge >= 0.3 is 5.76 Å². The highest BCUT2D eigenvalue weighted by molar-refractivity contribution is 5.77. The molecule has 0 radical (unpaired) electrons. The first-order chi connectivity index (χ1) is 11.2. The topological polar surface area (TPSA) is 107 Å². The van der Waals surface area contributed by atoms with Crippen LogP contribution in [0.1, 0.15) is 40.0 Å². The summed E-state index contributed by atoms with van der Waals surface area (Å²) < 4.78 is 6.43. The summed E-state index contributed by atoms with van der Waals surface area (Å²) in [6, 6.07) is 4.03. The molecule has 2 rings (SSSR count). The molecule has 0 saturated carbocycles. The molecule has 0 bridgehead atoms. The molecule has 8 nitrogen and oxygen atoms in total. The number of nitro benzene ring substituents is 1. The van der Waals surface area contributed by atoms with E-state index in [4.69, 9.17) is 4.42 Å². The zero-order valence-corrected chi connectivity index (χ0v) is 14.0. The van der Waals surface area contributed by atoms with Gasteiger partial charge in [-0.05, 0) is 32.8 Å². The second-order valence-electron chi connectivity index (χ2n) is 6.32. The van der Waals surface area contributed by atoms with Crippen molar-refractivity contribution >= 4 is 22.7 Å².